The van der Waals surface area contributed by atoms with E-state index in [1.54, 1.807) is 7.11 Å². The minimum atomic E-state index is 0.144. The van der Waals surface area contributed by atoms with Gasteiger partial charge in [0.15, 0.2) is 0 Å². The van der Waals surface area contributed by atoms with Gasteiger partial charge in [0, 0.05) is 25.4 Å². The van der Waals surface area contributed by atoms with E-state index in [1.807, 2.05) is 62.1 Å². The van der Waals surface area contributed by atoms with Crippen molar-refractivity contribution in [2.45, 2.75) is 59.1 Å². The summed E-state index contributed by atoms with van der Waals surface area (Å²) >= 11 is 0. The molecule has 0 radical (unpaired) electrons. The molecule has 0 aliphatic rings. The highest BCUT2D eigenvalue weighted by Crippen LogP contribution is 2.30. The van der Waals surface area contributed by atoms with Crippen LogP contribution in [0.1, 0.15) is 61.8 Å². The number of nitrogens with zero attached hydrogens (tertiary/aromatic N) is 1. The van der Waals surface area contributed by atoms with Gasteiger partial charge in [-0.1, -0.05) is 61.0 Å². The molecule has 0 aliphatic heterocycles. The van der Waals surface area contributed by atoms with Gasteiger partial charge in [0.25, 0.3) is 0 Å². The number of carbonyl (C=O) groups is 1. The van der Waals surface area contributed by atoms with Crippen molar-refractivity contribution in [1.29, 1.82) is 0 Å². The number of hydrogen-bond acceptors (Lipinski definition) is 3. The van der Waals surface area contributed by atoms with E-state index in [0.717, 1.165) is 23.5 Å². The number of benzene rings is 3. The molecule has 0 bridgehead atoms. The molecule has 34 heavy (non-hydrogen) atoms. The third kappa shape index (κ3) is 7.11. The summed E-state index contributed by atoms with van der Waals surface area (Å²) in [6.07, 6.45) is 1.48. The Labute approximate surface area is 204 Å². The molecule has 3 rings (SSSR count). The molecule has 3 aromatic rings. The van der Waals surface area contributed by atoms with Gasteiger partial charge in [0.1, 0.15) is 11.5 Å². The molecule has 4 heteroatoms. The Morgan fingerprint density at radius 2 is 1.41 bits per heavy atom. The van der Waals surface area contributed by atoms with Crippen molar-refractivity contribution in [2.75, 3.05) is 13.7 Å². The lowest BCUT2D eigenvalue weighted by atomic mass is 9.88. The Morgan fingerprint density at radius 1 is 0.853 bits per heavy atom. The van der Waals surface area contributed by atoms with Crippen molar-refractivity contribution < 1.29 is 14.3 Å². The van der Waals surface area contributed by atoms with Crippen LogP contribution in [0.2, 0.25) is 0 Å². The molecule has 3 aromatic carbocycles. The summed E-state index contributed by atoms with van der Waals surface area (Å²) in [5.41, 5.74) is 4.83. The monoisotopic (exact) mass is 459 g/mol. The molecule has 0 saturated carbocycles. The molecule has 0 heterocycles. The average molecular weight is 460 g/mol. The molecule has 0 unspecified atom stereocenters. The lowest BCUT2D eigenvalue weighted by Gasteiger charge is -2.26. The molecule has 4 nitrogen and oxygen atoms in total. The first kappa shape index (κ1) is 25.4. The number of aryl methyl sites for hydroxylation is 1. The summed E-state index contributed by atoms with van der Waals surface area (Å²) in [6, 6.07) is 25.1. The Hall–Kier alpha value is -3.27. The van der Waals surface area contributed by atoms with Crippen LogP contribution in [0.3, 0.4) is 0 Å². The number of ether oxygens (including phenoxy) is 2. The smallest absolute Gasteiger partial charge is 0.222 e. The van der Waals surface area contributed by atoms with Crippen molar-refractivity contribution in [3.63, 3.8) is 0 Å². The molecule has 0 saturated heterocycles. The van der Waals surface area contributed by atoms with Crippen LogP contribution in [0, 0.1) is 6.92 Å². The van der Waals surface area contributed by atoms with Crippen molar-refractivity contribution >= 4 is 5.91 Å². The highest BCUT2D eigenvalue weighted by molar-refractivity contribution is 5.75. The van der Waals surface area contributed by atoms with Gasteiger partial charge in [0.2, 0.25) is 5.91 Å². The summed E-state index contributed by atoms with van der Waals surface area (Å²) in [5, 5.41) is 0. The van der Waals surface area contributed by atoms with Crippen LogP contribution in [0.15, 0.2) is 72.8 Å². The predicted molar refractivity (Wildman–Crippen MR) is 139 cm³/mol. The van der Waals surface area contributed by atoms with Crippen LogP contribution in [0.5, 0.6) is 11.5 Å². The Balaban J connectivity index is 1.81. The molecule has 1 amide bonds. The predicted octanol–water partition coefficient (Wildman–Crippen LogP) is 6.75. The zero-order valence-electron chi connectivity index (χ0n) is 21.1. The second-order valence-electron chi connectivity index (χ2n) is 9.00. The molecule has 0 spiro atoms. The minimum absolute atomic E-state index is 0.144. The topological polar surface area (TPSA) is 38.8 Å². The summed E-state index contributed by atoms with van der Waals surface area (Å²) in [7, 11) is 1.66. The van der Waals surface area contributed by atoms with Gasteiger partial charge < -0.3 is 14.4 Å². The van der Waals surface area contributed by atoms with Crippen LogP contribution >= 0.6 is 0 Å². The molecule has 1 atom stereocenters. The Kier molecular flexibility index (Phi) is 9.15. The van der Waals surface area contributed by atoms with Gasteiger partial charge in [0.05, 0.1) is 13.2 Å². The number of rotatable bonds is 11. The quantitative estimate of drug-likeness (QED) is 0.318. The molecule has 180 valence electrons. The lowest BCUT2D eigenvalue weighted by Crippen LogP contribution is -2.31. The fourth-order valence-corrected chi connectivity index (χ4v) is 4.13. The first-order valence-corrected chi connectivity index (χ1v) is 12.1. The van der Waals surface area contributed by atoms with E-state index in [2.05, 4.69) is 43.3 Å². The summed E-state index contributed by atoms with van der Waals surface area (Å²) in [4.78, 5) is 14.8. The summed E-state index contributed by atoms with van der Waals surface area (Å²) in [5.74, 6) is 2.06. The van der Waals surface area contributed by atoms with Crippen LogP contribution in [-0.4, -0.2) is 30.6 Å². The fourth-order valence-electron chi connectivity index (χ4n) is 4.13. The summed E-state index contributed by atoms with van der Waals surface area (Å²) < 4.78 is 11.1. The fraction of sp³-hybridized carbons (Fsp3) is 0.367. The van der Waals surface area contributed by atoms with Crippen LogP contribution in [-0.2, 0) is 11.3 Å². The van der Waals surface area contributed by atoms with Gasteiger partial charge in [-0.3, -0.25) is 4.79 Å². The number of carbonyl (C=O) groups excluding carboxylic acids is 1. The maximum absolute atomic E-state index is 12.8. The third-order valence-corrected chi connectivity index (χ3v) is 6.01. The highest BCUT2D eigenvalue weighted by atomic mass is 16.5. The second-order valence-corrected chi connectivity index (χ2v) is 9.00. The molecular formula is C30H37NO3. The van der Waals surface area contributed by atoms with Crippen LogP contribution in [0.4, 0.5) is 0 Å². The number of amides is 1. The lowest BCUT2D eigenvalue weighted by molar-refractivity contribution is -0.131. The van der Waals surface area contributed by atoms with Crippen LogP contribution in [0.25, 0.3) is 0 Å². The number of methoxy groups -OCH3 is 1. The number of hydrogen-bond donors (Lipinski definition) is 0. The maximum Gasteiger partial charge on any atom is 0.222 e. The standard InChI is InChI=1S/C30H37NO3/c1-6-30(32)31(21-24-9-15-27(33-5)16-10-24)20-19-29(25-11-7-23(4)8-12-25)26-13-17-28(18-14-26)34-22(2)3/h7-18,22,29H,6,19-21H2,1-5H3/t29-/m0/s1. The van der Waals surface area contributed by atoms with E-state index >= 15 is 0 Å². The first-order chi connectivity index (χ1) is 16.4. The Bertz CT molecular complexity index is 1020. The average Bonchev–Trinajstić information content (AvgIpc) is 2.85. The SMILES string of the molecule is CCC(=O)N(CC[C@@H](c1ccc(C)cc1)c1ccc(OC(C)C)cc1)Cc1ccc(OC)cc1. The van der Waals surface area contributed by atoms with Gasteiger partial charge >= 0.3 is 0 Å². The highest BCUT2D eigenvalue weighted by Gasteiger charge is 2.19. The minimum Gasteiger partial charge on any atom is -0.497 e. The third-order valence-electron chi connectivity index (χ3n) is 6.01. The molecule has 0 fully saturated rings. The van der Waals surface area contributed by atoms with Crippen molar-refractivity contribution in [3.05, 3.63) is 95.1 Å². The van der Waals surface area contributed by atoms with Crippen molar-refractivity contribution in [3.8, 4) is 11.5 Å². The van der Waals surface area contributed by atoms with Crippen LogP contribution < -0.4 is 9.47 Å². The van der Waals surface area contributed by atoms with Crippen molar-refractivity contribution in [1.82, 2.24) is 4.90 Å². The second kappa shape index (κ2) is 12.3. The summed E-state index contributed by atoms with van der Waals surface area (Å²) in [6.45, 7) is 9.37. The normalized spacial score (nSPS) is 11.8. The van der Waals surface area contributed by atoms with Gasteiger partial charge in [-0.05, 0) is 68.1 Å². The van der Waals surface area contributed by atoms with Crippen molar-refractivity contribution in [2.24, 2.45) is 0 Å². The van der Waals surface area contributed by atoms with E-state index < -0.39 is 0 Å². The molecule has 0 N–H and O–H groups in total. The van der Waals surface area contributed by atoms with E-state index in [-0.39, 0.29) is 17.9 Å². The van der Waals surface area contributed by atoms with E-state index in [1.165, 1.54) is 16.7 Å². The molecule has 0 aliphatic carbocycles. The van der Waals surface area contributed by atoms with E-state index in [9.17, 15) is 4.79 Å². The maximum atomic E-state index is 12.8. The first-order valence-electron chi connectivity index (χ1n) is 12.1. The van der Waals surface area contributed by atoms with Gasteiger partial charge in [-0.2, -0.15) is 0 Å². The zero-order chi connectivity index (χ0) is 24.5. The van der Waals surface area contributed by atoms with E-state index in [4.69, 9.17) is 9.47 Å². The zero-order valence-corrected chi connectivity index (χ0v) is 21.1. The van der Waals surface area contributed by atoms with Gasteiger partial charge in [-0.25, -0.2) is 0 Å². The Morgan fingerprint density at radius 3 is 1.94 bits per heavy atom. The van der Waals surface area contributed by atoms with E-state index in [0.29, 0.717) is 19.5 Å². The largest absolute Gasteiger partial charge is 0.497 e. The van der Waals surface area contributed by atoms with Gasteiger partial charge in [-0.15, -0.1) is 0 Å². The molecular weight excluding hydrogens is 422 g/mol. The molecule has 0 aromatic heterocycles.